The Morgan fingerprint density at radius 2 is 2.18 bits per heavy atom. The van der Waals surface area contributed by atoms with Crippen molar-refractivity contribution >= 4 is 5.95 Å². The van der Waals surface area contributed by atoms with Gasteiger partial charge in [-0.1, -0.05) is 23.8 Å². The van der Waals surface area contributed by atoms with E-state index >= 15 is 0 Å². The predicted molar refractivity (Wildman–Crippen MR) is 84.9 cm³/mol. The molecule has 0 bridgehead atoms. The summed E-state index contributed by atoms with van der Waals surface area (Å²) in [5.74, 6) is 0.202. The van der Waals surface area contributed by atoms with Crippen molar-refractivity contribution in [3.8, 4) is 11.3 Å². The van der Waals surface area contributed by atoms with Crippen LogP contribution in [-0.2, 0) is 0 Å². The van der Waals surface area contributed by atoms with Gasteiger partial charge in [0.2, 0.25) is 5.95 Å². The van der Waals surface area contributed by atoms with Crippen LogP contribution < -0.4 is 5.32 Å². The molecule has 0 fully saturated rings. The van der Waals surface area contributed by atoms with E-state index < -0.39 is 0 Å². The van der Waals surface area contributed by atoms with Crippen LogP contribution in [0.2, 0.25) is 0 Å². The largest absolute Gasteiger partial charge is 0.353 e. The van der Waals surface area contributed by atoms with Crippen molar-refractivity contribution in [3.05, 3.63) is 47.9 Å². The Labute approximate surface area is 129 Å². The second-order valence-corrected chi connectivity index (χ2v) is 5.46. The average molecular weight is 298 g/mol. The molecule has 1 aliphatic carbocycles. The highest BCUT2D eigenvalue weighted by atomic mass is 19.1. The smallest absolute Gasteiger partial charge is 0.243 e. The summed E-state index contributed by atoms with van der Waals surface area (Å²) in [6.45, 7) is 0.792. The molecule has 0 spiro atoms. The van der Waals surface area contributed by atoms with E-state index in [4.69, 9.17) is 0 Å². The summed E-state index contributed by atoms with van der Waals surface area (Å²) >= 11 is 0. The summed E-state index contributed by atoms with van der Waals surface area (Å²) < 4.78 is 13.3. The zero-order chi connectivity index (χ0) is 15.2. The topological polar surface area (TPSA) is 50.7 Å². The zero-order valence-corrected chi connectivity index (χ0v) is 12.4. The molecule has 0 radical (unpaired) electrons. The maximum Gasteiger partial charge on any atom is 0.243 e. The normalized spacial score (nSPS) is 14.5. The van der Waals surface area contributed by atoms with Gasteiger partial charge in [-0.2, -0.15) is 5.10 Å². The van der Waals surface area contributed by atoms with Crippen molar-refractivity contribution in [1.29, 1.82) is 0 Å². The van der Waals surface area contributed by atoms with Crippen LogP contribution in [0.15, 0.2) is 42.1 Å². The number of halogens is 1. The highest BCUT2D eigenvalue weighted by Crippen LogP contribution is 2.20. The lowest BCUT2D eigenvalue weighted by Crippen LogP contribution is -2.08. The summed E-state index contributed by atoms with van der Waals surface area (Å²) in [6.07, 6.45) is 9.88. The van der Waals surface area contributed by atoms with Gasteiger partial charge in [0.25, 0.3) is 0 Å². The quantitative estimate of drug-likeness (QED) is 0.848. The number of aromatic nitrogens is 3. The minimum atomic E-state index is -0.283. The number of rotatable bonds is 5. The van der Waals surface area contributed by atoms with E-state index in [2.05, 4.69) is 26.6 Å². The summed E-state index contributed by atoms with van der Waals surface area (Å²) in [6, 6.07) is 6.33. The third kappa shape index (κ3) is 3.87. The predicted octanol–water partition coefficient (Wildman–Crippen LogP) is 3.98. The van der Waals surface area contributed by atoms with Gasteiger partial charge in [0.1, 0.15) is 5.82 Å². The highest BCUT2D eigenvalue weighted by molar-refractivity contribution is 5.58. The Morgan fingerprint density at radius 1 is 1.23 bits per heavy atom. The molecule has 0 aliphatic heterocycles. The van der Waals surface area contributed by atoms with Crippen LogP contribution in [0.3, 0.4) is 0 Å². The minimum absolute atomic E-state index is 0.283. The molecule has 4 nitrogen and oxygen atoms in total. The first-order chi connectivity index (χ1) is 10.8. The summed E-state index contributed by atoms with van der Waals surface area (Å²) in [5, 5.41) is 11.1. The number of hydrogen-bond donors (Lipinski definition) is 1. The van der Waals surface area contributed by atoms with Crippen LogP contribution in [0, 0.1) is 5.82 Å². The van der Waals surface area contributed by atoms with E-state index in [0.29, 0.717) is 17.2 Å². The van der Waals surface area contributed by atoms with Crippen molar-refractivity contribution in [2.24, 2.45) is 0 Å². The lowest BCUT2D eigenvalue weighted by atomic mass is 9.97. The first-order valence-electron chi connectivity index (χ1n) is 7.69. The lowest BCUT2D eigenvalue weighted by Gasteiger charge is -2.12. The highest BCUT2D eigenvalue weighted by Gasteiger charge is 2.06. The van der Waals surface area contributed by atoms with Gasteiger partial charge in [-0.05, 0) is 44.2 Å². The Bertz CT molecular complexity index is 669. The van der Waals surface area contributed by atoms with Gasteiger partial charge in [0, 0.05) is 12.1 Å². The van der Waals surface area contributed by atoms with Gasteiger partial charge in [-0.3, -0.25) is 0 Å². The summed E-state index contributed by atoms with van der Waals surface area (Å²) in [5.41, 5.74) is 2.83. The number of hydrogen-bond acceptors (Lipinski definition) is 4. The number of nitrogens with one attached hydrogen (secondary N) is 1. The van der Waals surface area contributed by atoms with Crippen LogP contribution >= 0.6 is 0 Å². The van der Waals surface area contributed by atoms with Crippen LogP contribution in [0.25, 0.3) is 11.3 Å². The molecule has 0 unspecified atom stereocenters. The molecular formula is C17H19FN4. The number of nitrogens with zero attached hydrogens (tertiary/aromatic N) is 3. The molecular weight excluding hydrogens is 279 g/mol. The summed E-state index contributed by atoms with van der Waals surface area (Å²) in [4.78, 5) is 4.40. The molecule has 1 aromatic heterocycles. The minimum Gasteiger partial charge on any atom is -0.353 e. The molecule has 1 N–H and O–H groups in total. The van der Waals surface area contributed by atoms with Crippen molar-refractivity contribution in [2.75, 3.05) is 11.9 Å². The molecule has 2 aromatic rings. The fourth-order valence-corrected chi connectivity index (χ4v) is 2.63. The summed E-state index contributed by atoms with van der Waals surface area (Å²) in [7, 11) is 0. The van der Waals surface area contributed by atoms with Crippen LogP contribution in [0.1, 0.15) is 32.1 Å². The molecule has 114 valence electrons. The van der Waals surface area contributed by atoms with Gasteiger partial charge >= 0.3 is 0 Å². The molecule has 5 heteroatoms. The number of allylic oxidation sites excluding steroid dienone is 1. The molecule has 3 rings (SSSR count). The van der Waals surface area contributed by atoms with Gasteiger partial charge in [-0.25, -0.2) is 9.37 Å². The number of benzene rings is 1. The van der Waals surface area contributed by atoms with Crippen LogP contribution in [0.4, 0.5) is 10.3 Å². The first kappa shape index (κ1) is 14.6. The van der Waals surface area contributed by atoms with E-state index in [1.54, 1.807) is 12.3 Å². The van der Waals surface area contributed by atoms with Gasteiger partial charge in [0.05, 0.1) is 11.9 Å². The molecule has 0 saturated carbocycles. The maximum atomic E-state index is 13.3. The zero-order valence-electron chi connectivity index (χ0n) is 12.4. The standard InChI is InChI=1S/C17H19FN4/c18-15-8-4-7-14(11-15)16-12-20-22-17(21-16)19-10-9-13-5-2-1-3-6-13/h4-5,7-8,11-12H,1-3,6,9-10H2,(H,19,21,22). The van der Waals surface area contributed by atoms with Gasteiger partial charge in [0.15, 0.2) is 0 Å². The molecule has 1 heterocycles. The lowest BCUT2D eigenvalue weighted by molar-refractivity contribution is 0.628. The maximum absolute atomic E-state index is 13.3. The fraction of sp³-hybridized carbons (Fsp3) is 0.353. The molecule has 0 amide bonds. The van der Waals surface area contributed by atoms with Crippen LogP contribution in [0.5, 0.6) is 0 Å². The molecule has 0 saturated heterocycles. The Hall–Kier alpha value is -2.30. The Balaban J connectivity index is 1.62. The second kappa shape index (κ2) is 7.11. The van der Waals surface area contributed by atoms with Crippen molar-refractivity contribution < 1.29 is 4.39 Å². The van der Waals surface area contributed by atoms with E-state index in [1.165, 1.54) is 43.4 Å². The van der Waals surface area contributed by atoms with E-state index in [0.717, 1.165) is 13.0 Å². The first-order valence-corrected chi connectivity index (χ1v) is 7.69. The van der Waals surface area contributed by atoms with Gasteiger partial charge in [-0.15, -0.1) is 5.10 Å². The molecule has 22 heavy (non-hydrogen) atoms. The third-order valence-corrected chi connectivity index (χ3v) is 3.79. The Kier molecular flexibility index (Phi) is 4.73. The average Bonchev–Trinajstić information content (AvgIpc) is 2.56. The third-order valence-electron chi connectivity index (χ3n) is 3.79. The van der Waals surface area contributed by atoms with E-state index in [-0.39, 0.29) is 5.82 Å². The van der Waals surface area contributed by atoms with Crippen LogP contribution in [-0.4, -0.2) is 21.7 Å². The van der Waals surface area contributed by atoms with Crippen molar-refractivity contribution in [2.45, 2.75) is 32.1 Å². The molecule has 0 atom stereocenters. The molecule has 1 aliphatic rings. The fourth-order valence-electron chi connectivity index (χ4n) is 2.63. The second-order valence-electron chi connectivity index (χ2n) is 5.46. The monoisotopic (exact) mass is 298 g/mol. The Morgan fingerprint density at radius 3 is 3.00 bits per heavy atom. The van der Waals surface area contributed by atoms with Crippen molar-refractivity contribution in [3.63, 3.8) is 0 Å². The SMILES string of the molecule is Fc1cccc(-c2cnnc(NCCC3=CCCCC3)n2)c1. The van der Waals surface area contributed by atoms with Crippen molar-refractivity contribution in [1.82, 2.24) is 15.2 Å². The van der Waals surface area contributed by atoms with Gasteiger partial charge < -0.3 is 5.32 Å². The van der Waals surface area contributed by atoms with E-state index in [1.807, 2.05) is 6.07 Å². The molecule has 1 aromatic carbocycles. The number of anilines is 1. The van der Waals surface area contributed by atoms with E-state index in [9.17, 15) is 4.39 Å².